The number of fused-ring (bicyclic) bond motifs is 1. The van der Waals surface area contributed by atoms with Gasteiger partial charge in [-0.25, -0.2) is 0 Å². The highest BCUT2D eigenvalue weighted by molar-refractivity contribution is 5.99. The summed E-state index contributed by atoms with van der Waals surface area (Å²) < 4.78 is 0. The Kier molecular flexibility index (Phi) is 11.4. The van der Waals surface area contributed by atoms with Crippen LogP contribution in [0.3, 0.4) is 0 Å². The number of carbonyl (C=O) groups is 7. The molecule has 2 aliphatic rings. The molecular formula is C25H40N6O9. The van der Waals surface area contributed by atoms with Crippen LogP contribution in [-0.4, -0.2) is 105 Å². The molecule has 0 saturated carbocycles. The first kappa shape index (κ1) is 32.5. The van der Waals surface area contributed by atoms with Crippen LogP contribution in [0.5, 0.6) is 0 Å². The van der Waals surface area contributed by atoms with E-state index in [0.717, 1.165) is 0 Å². The lowest BCUT2D eigenvalue weighted by Gasteiger charge is -2.30. The SMILES string of the molecule is CC(C)C[C@@H]1NC(=O)[C@@H](C)NC(=O)[C@H]2CCCN2C(=O)[C@@H](C)NC(=O)[C@H]([C@@H](C)O)NC(=O)[C@@H](CC(=O)O)NC1=O. The number of aliphatic carboxylic acids is 1. The fourth-order valence-electron chi connectivity index (χ4n) is 4.61. The fraction of sp³-hybridized carbons (Fsp3) is 0.720. The molecular weight excluding hydrogens is 528 g/mol. The number of carboxylic acid groups (broad SMARTS) is 1. The minimum absolute atomic E-state index is 0.103. The van der Waals surface area contributed by atoms with E-state index in [9.17, 15) is 43.8 Å². The second-order valence-electron chi connectivity index (χ2n) is 10.7. The second-order valence-corrected chi connectivity index (χ2v) is 10.7. The van der Waals surface area contributed by atoms with Crippen LogP contribution >= 0.6 is 0 Å². The summed E-state index contributed by atoms with van der Waals surface area (Å²) in [7, 11) is 0. The van der Waals surface area contributed by atoms with Crippen LogP contribution in [0.25, 0.3) is 0 Å². The fourth-order valence-corrected chi connectivity index (χ4v) is 4.61. The molecule has 2 heterocycles. The minimum Gasteiger partial charge on any atom is -0.481 e. The highest BCUT2D eigenvalue weighted by Crippen LogP contribution is 2.19. The number of aliphatic hydroxyl groups is 1. The molecule has 0 radical (unpaired) electrons. The molecule has 2 rings (SSSR count). The van der Waals surface area contributed by atoms with Crippen molar-refractivity contribution in [2.75, 3.05) is 6.54 Å². The van der Waals surface area contributed by atoms with Gasteiger partial charge in [0.05, 0.1) is 12.5 Å². The zero-order valence-electron chi connectivity index (χ0n) is 23.4. The molecule has 7 N–H and O–H groups in total. The lowest BCUT2D eigenvalue weighted by molar-refractivity contribution is -0.143. The number of amides is 6. The van der Waals surface area contributed by atoms with E-state index in [1.165, 1.54) is 25.7 Å². The number of hydrogen-bond acceptors (Lipinski definition) is 8. The summed E-state index contributed by atoms with van der Waals surface area (Å²) in [6, 6.07) is -7.57. The number of carboxylic acids is 1. The molecule has 15 heteroatoms. The Morgan fingerprint density at radius 2 is 1.40 bits per heavy atom. The monoisotopic (exact) mass is 568 g/mol. The van der Waals surface area contributed by atoms with Crippen molar-refractivity contribution in [1.29, 1.82) is 0 Å². The molecule has 0 aliphatic carbocycles. The molecule has 0 aromatic heterocycles. The summed E-state index contributed by atoms with van der Waals surface area (Å²) in [5.74, 6) is -6.21. The lowest BCUT2D eigenvalue weighted by atomic mass is 10.0. The van der Waals surface area contributed by atoms with Gasteiger partial charge in [0.2, 0.25) is 35.4 Å². The third-order valence-corrected chi connectivity index (χ3v) is 6.73. The van der Waals surface area contributed by atoms with Gasteiger partial charge in [-0.2, -0.15) is 0 Å². The van der Waals surface area contributed by atoms with Gasteiger partial charge in [-0.1, -0.05) is 13.8 Å². The smallest absolute Gasteiger partial charge is 0.305 e. The van der Waals surface area contributed by atoms with Gasteiger partial charge in [-0.05, 0) is 46.0 Å². The van der Waals surface area contributed by atoms with Crippen molar-refractivity contribution in [3.05, 3.63) is 0 Å². The van der Waals surface area contributed by atoms with Gasteiger partial charge in [-0.15, -0.1) is 0 Å². The first-order valence-corrected chi connectivity index (χ1v) is 13.3. The first-order chi connectivity index (χ1) is 18.6. The average molecular weight is 569 g/mol. The van der Waals surface area contributed by atoms with Crippen LogP contribution in [-0.2, 0) is 33.6 Å². The Labute approximate surface area is 232 Å². The Morgan fingerprint density at radius 3 is 1.98 bits per heavy atom. The standard InChI is InChI=1S/C25H40N6O9/c1-11(2)9-15-21(36)29-16(10-18(33)34)22(37)30-19(14(5)32)24(39)27-13(4)25(40)31-8-6-7-17(31)23(38)26-12(3)20(35)28-15/h11-17,19,32H,6-10H2,1-5H3,(H,26,38)(H,27,39)(H,28,35)(H,29,36)(H,30,37)(H,33,34)/t12-,13-,14-,15+,16-,17-,19+/m1/s1. The summed E-state index contributed by atoms with van der Waals surface area (Å²) in [6.45, 7) is 7.82. The van der Waals surface area contributed by atoms with Gasteiger partial charge in [-0.3, -0.25) is 33.6 Å². The quantitative estimate of drug-likeness (QED) is 0.184. The molecule has 15 nitrogen and oxygen atoms in total. The average Bonchev–Trinajstić information content (AvgIpc) is 3.34. The van der Waals surface area contributed by atoms with Crippen molar-refractivity contribution >= 4 is 41.4 Å². The Bertz CT molecular complexity index is 1020. The van der Waals surface area contributed by atoms with Crippen LogP contribution in [0, 0.1) is 5.92 Å². The van der Waals surface area contributed by atoms with E-state index in [1.54, 1.807) is 13.8 Å². The molecule has 2 saturated heterocycles. The van der Waals surface area contributed by atoms with Crippen LogP contribution in [0.1, 0.15) is 60.3 Å². The van der Waals surface area contributed by atoms with E-state index in [0.29, 0.717) is 12.8 Å². The molecule has 0 bridgehead atoms. The van der Waals surface area contributed by atoms with Crippen LogP contribution in [0.2, 0.25) is 0 Å². The predicted molar refractivity (Wildman–Crippen MR) is 139 cm³/mol. The Morgan fingerprint density at radius 1 is 0.825 bits per heavy atom. The first-order valence-electron chi connectivity index (χ1n) is 13.3. The minimum atomic E-state index is -1.66. The largest absolute Gasteiger partial charge is 0.481 e. The van der Waals surface area contributed by atoms with Crippen LogP contribution < -0.4 is 26.6 Å². The Balaban J connectivity index is 2.47. The topological polar surface area (TPSA) is 223 Å². The van der Waals surface area contributed by atoms with E-state index in [-0.39, 0.29) is 18.9 Å². The highest BCUT2D eigenvalue weighted by atomic mass is 16.4. The molecule has 6 amide bonds. The van der Waals surface area contributed by atoms with Crippen LogP contribution in [0.15, 0.2) is 0 Å². The number of nitrogens with one attached hydrogen (secondary N) is 5. The summed E-state index contributed by atoms with van der Waals surface area (Å²) in [6.07, 6.45) is -1.34. The maximum atomic E-state index is 13.1. The molecule has 0 aromatic rings. The summed E-state index contributed by atoms with van der Waals surface area (Å²) in [5, 5.41) is 31.6. The third-order valence-electron chi connectivity index (χ3n) is 6.73. The Hall–Kier alpha value is -3.75. The van der Waals surface area contributed by atoms with Crippen molar-refractivity contribution in [3.8, 4) is 0 Å². The van der Waals surface area contributed by atoms with Gasteiger partial charge >= 0.3 is 5.97 Å². The number of hydrogen-bond donors (Lipinski definition) is 7. The van der Waals surface area contributed by atoms with E-state index in [1.807, 2.05) is 0 Å². The second kappa shape index (κ2) is 14.1. The van der Waals surface area contributed by atoms with Crippen molar-refractivity contribution < 1.29 is 43.8 Å². The van der Waals surface area contributed by atoms with E-state index in [2.05, 4.69) is 26.6 Å². The molecule has 224 valence electrons. The van der Waals surface area contributed by atoms with Crippen molar-refractivity contribution in [1.82, 2.24) is 31.5 Å². The lowest BCUT2D eigenvalue weighted by Crippen LogP contribution is -2.62. The number of nitrogens with zero attached hydrogens (tertiary/aromatic N) is 1. The zero-order valence-corrected chi connectivity index (χ0v) is 23.4. The van der Waals surface area contributed by atoms with Crippen molar-refractivity contribution in [2.45, 2.75) is 103 Å². The van der Waals surface area contributed by atoms with Crippen molar-refractivity contribution in [3.63, 3.8) is 0 Å². The van der Waals surface area contributed by atoms with Gasteiger partial charge in [0.25, 0.3) is 0 Å². The van der Waals surface area contributed by atoms with E-state index in [4.69, 9.17) is 0 Å². The summed E-state index contributed by atoms with van der Waals surface area (Å²) in [4.78, 5) is 91.0. The van der Waals surface area contributed by atoms with E-state index >= 15 is 0 Å². The molecule has 40 heavy (non-hydrogen) atoms. The predicted octanol–water partition coefficient (Wildman–Crippen LogP) is -2.64. The maximum absolute atomic E-state index is 13.1. The van der Waals surface area contributed by atoms with Gasteiger partial charge in [0.15, 0.2) is 0 Å². The van der Waals surface area contributed by atoms with E-state index < -0.39 is 90.2 Å². The third kappa shape index (κ3) is 8.63. The molecule has 0 aromatic carbocycles. The highest BCUT2D eigenvalue weighted by Gasteiger charge is 2.39. The number of carbonyl (C=O) groups excluding carboxylic acids is 6. The molecule has 0 unspecified atom stereocenters. The number of rotatable bonds is 5. The molecule has 7 atom stereocenters. The summed E-state index contributed by atoms with van der Waals surface area (Å²) in [5.41, 5.74) is 0. The summed E-state index contributed by atoms with van der Waals surface area (Å²) >= 11 is 0. The van der Waals surface area contributed by atoms with Crippen molar-refractivity contribution in [2.24, 2.45) is 5.92 Å². The normalized spacial score (nSPS) is 30.2. The maximum Gasteiger partial charge on any atom is 0.305 e. The molecule has 0 spiro atoms. The van der Waals surface area contributed by atoms with Gasteiger partial charge in [0, 0.05) is 6.54 Å². The van der Waals surface area contributed by atoms with Crippen LogP contribution in [0.4, 0.5) is 0 Å². The zero-order chi connectivity index (χ0) is 30.3. The molecule has 2 fully saturated rings. The van der Waals surface area contributed by atoms with Gasteiger partial charge < -0.3 is 41.7 Å². The molecule has 2 aliphatic heterocycles. The number of aliphatic hydroxyl groups excluding tert-OH is 1. The van der Waals surface area contributed by atoms with Gasteiger partial charge in [0.1, 0.15) is 36.3 Å².